The number of nitrogen functional groups attached to an aromatic ring is 1. The third kappa shape index (κ3) is 3.75. The molecule has 0 saturated carbocycles. The summed E-state index contributed by atoms with van der Waals surface area (Å²) in [4.78, 5) is 15.2. The van der Waals surface area contributed by atoms with Gasteiger partial charge in [-0.05, 0) is 19.1 Å². The van der Waals surface area contributed by atoms with Gasteiger partial charge in [-0.2, -0.15) is 0 Å². The fourth-order valence-corrected chi connectivity index (χ4v) is 3.87. The lowest BCUT2D eigenvalue weighted by molar-refractivity contribution is 0.475. The van der Waals surface area contributed by atoms with Crippen LogP contribution in [-0.2, 0) is 13.6 Å². The second-order valence-corrected chi connectivity index (χ2v) is 7.46. The summed E-state index contributed by atoms with van der Waals surface area (Å²) in [6.07, 6.45) is 9.61. The fraction of sp³-hybridized carbons (Fsp3) is 0.471. The number of hydrogen-bond donors (Lipinski definition) is 1. The minimum Gasteiger partial charge on any atom is -0.383 e. The summed E-state index contributed by atoms with van der Waals surface area (Å²) in [7, 11) is 2.04. The Kier molecular flexibility index (Phi) is 4.97. The zero-order valence-electron chi connectivity index (χ0n) is 15.5. The fourth-order valence-electron chi connectivity index (χ4n) is 3.49. The highest BCUT2D eigenvalue weighted by Crippen LogP contribution is 2.29. The molecular formula is C17H23N9S. The van der Waals surface area contributed by atoms with E-state index in [9.17, 15) is 0 Å². The van der Waals surface area contributed by atoms with Crippen molar-refractivity contribution in [1.82, 2.24) is 34.3 Å². The topological polar surface area (TPSA) is 104 Å². The number of piperidine rings is 1. The summed E-state index contributed by atoms with van der Waals surface area (Å²) in [5, 5.41) is 9.59. The Hall–Kier alpha value is -2.62. The average molecular weight is 386 g/mol. The van der Waals surface area contributed by atoms with Crippen molar-refractivity contribution in [2.75, 3.05) is 30.0 Å². The van der Waals surface area contributed by atoms with E-state index in [1.807, 2.05) is 30.1 Å². The summed E-state index contributed by atoms with van der Waals surface area (Å²) in [5.74, 6) is 3.64. The minimum absolute atomic E-state index is 0.307. The lowest BCUT2D eigenvalue weighted by Gasteiger charge is -2.33. The largest absolute Gasteiger partial charge is 0.383 e. The van der Waals surface area contributed by atoms with Gasteiger partial charge in [0.15, 0.2) is 11.0 Å². The van der Waals surface area contributed by atoms with Crippen LogP contribution in [0.3, 0.4) is 0 Å². The number of anilines is 2. The van der Waals surface area contributed by atoms with Crippen LogP contribution in [0.5, 0.6) is 0 Å². The lowest BCUT2D eigenvalue weighted by Crippen LogP contribution is -2.36. The van der Waals surface area contributed by atoms with Crippen LogP contribution < -0.4 is 10.6 Å². The molecule has 142 valence electrons. The molecule has 27 heavy (non-hydrogen) atoms. The van der Waals surface area contributed by atoms with Crippen LogP contribution in [0.25, 0.3) is 0 Å². The molecule has 3 aromatic heterocycles. The number of hydrogen-bond acceptors (Lipinski definition) is 8. The van der Waals surface area contributed by atoms with Crippen molar-refractivity contribution in [3.8, 4) is 0 Å². The van der Waals surface area contributed by atoms with Crippen LogP contribution in [0.2, 0.25) is 0 Å². The lowest BCUT2D eigenvalue weighted by atomic mass is 9.97. The van der Waals surface area contributed by atoms with Gasteiger partial charge in [0.2, 0.25) is 0 Å². The molecule has 0 amide bonds. The van der Waals surface area contributed by atoms with Gasteiger partial charge in [-0.25, -0.2) is 15.0 Å². The molecule has 1 aliphatic rings. The molecule has 9 nitrogen and oxygen atoms in total. The Morgan fingerprint density at radius 2 is 2.19 bits per heavy atom. The van der Waals surface area contributed by atoms with E-state index in [-0.39, 0.29) is 0 Å². The maximum Gasteiger partial charge on any atom is 0.191 e. The first kappa shape index (κ1) is 17.8. The number of imidazole rings is 1. The highest BCUT2D eigenvalue weighted by atomic mass is 32.2. The quantitative estimate of drug-likeness (QED) is 0.521. The third-order valence-corrected chi connectivity index (χ3v) is 5.43. The average Bonchev–Trinajstić information content (AvgIpc) is 3.32. The molecule has 0 aliphatic carbocycles. The van der Waals surface area contributed by atoms with Gasteiger partial charge in [0, 0.05) is 44.5 Å². The Bertz CT molecular complexity index is 905. The molecule has 1 fully saturated rings. The van der Waals surface area contributed by atoms with E-state index in [0.717, 1.165) is 43.4 Å². The maximum atomic E-state index is 5.95. The minimum atomic E-state index is 0.307. The third-order valence-electron chi connectivity index (χ3n) is 4.89. The van der Waals surface area contributed by atoms with Crippen molar-refractivity contribution in [3.05, 3.63) is 36.4 Å². The Morgan fingerprint density at radius 3 is 2.96 bits per heavy atom. The summed E-state index contributed by atoms with van der Waals surface area (Å²) >= 11 is 1.50. The SMILES string of the molecule is CSc1nc(N)cc(N2CCC[C@H](c3nnc(Cn4ccnc4)n3C)C2)n1. The standard InChI is InChI=1S/C17H23N9S/c1-24-15(10-25-7-5-19-11-25)22-23-16(24)12-4-3-6-26(9-12)14-8-13(18)20-17(21-14)27-2/h5,7-8,11-12H,3-4,6,9-10H2,1-2H3,(H2,18,20,21)/t12-/m0/s1. The van der Waals surface area contributed by atoms with E-state index in [1.165, 1.54) is 11.8 Å². The number of rotatable bonds is 5. The van der Waals surface area contributed by atoms with Crippen molar-refractivity contribution in [3.63, 3.8) is 0 Å². The van der Waals surface area contributed by atoms with Crippen LogP contribution >= 0.6 is 11.8 Å². The van der Waals surface area contributed by atoms with E-state index >= 15 is 0 Å². The molecule has 10 heteroatoms. The van der Waals surface area contributed by atoms with E-state index in [2.05, 4.69) is 34.6 Å². The Labute approximate surface area is 162 Å². The zero-order valence-corrected chi connectivity index (χ0v) is 16.3. The Balaban J connectivity index is 1.53. The van der Waals surface area contributed by atoms with Gasteiger partial charge in [-0.3, -0.25) is 0 Å². The van der Waals surface area contributed by atoms with Crippen molar-refractivity contribution in [1.29, 1.82) is 0 Å². The maximum absolute atomic E-state index is 5.95. The highest BCUT2D eigenvalue weighted by molar-refractivity contribution is 7.98. The molecule has 1 saturated heterocycles. The van der Waals surface area contributed by atoms with E-state index in [4.69, 9.17) is 5.73 Å². The summed E-state index contributed by atoms with van der Waals surface area (Å²) in [5.41, 5.74) is 5.95. The van der Waals surface area contributed by atoms with Gasteiger partial charge >= 0.3 is 0 Å². The summed E-state index contributed by atoms with van der Waals surface area (Å²) in [6, 6.07) is 1.85. The van der Waals surface area contributed by atoms with Crippen molar-refractivity contribution >= 4 is 23.4 Å². The summed E-state index contributed by atoms with van der Waals surface area (Å²) in [6.45, 7) is 2.47. The normalized spacial score (nSPS) is 17.4. The molecule has 0 aromatic carbocycles. The van der Waals surface area contributed by atoms with Crippen molar-refractivity contribution in [2.24, 2.45) is 7.05 Å². The molecule has 0 radical (unpaired) electrons. The first-order valence-electron chi connectivity index (χ1n) is 8.91. The molecule has 2 N–H and O–H groups in total. The number of aromatic nitrogens is 7. The highest BCUT2D eigenvalue weighted by Gasteiger charge is 2.27. The molecule has 0 bridgehead atoms. The van der Waals surface area contributed by atoms with Gasteiger partial charge in [0.1, 0.15) is 17.5 Å². The Morgan fingerprint density at radius 1 is 1.30 bits per heavy atom. The number of nitrogens with two attached hydrogens (primary N) is 1. The molecular weight excluding hydrogens is 362 g/mol. The van der Waals surface area contributed by atoms with E-state index < -0.39 is 0 Å². The van der Waals surface area contributed by atoms with Gasteiger partial charge < -0.3 is 19.8 Å². The van der Waals surface area contributed by atoms with Crippen molar-refractivity contribution < 1.29 is 0 Å². The van der Waals surface area contributed by atoms with Gasteiger partial charge in [-0.15, -0.1) is 10.2 Å². The first-order chi connectivity index (χ1) is 13.1. The number of thioether (sulfide) groups is 1. The molecule has 1 aliphatic heterocycles. The molecule has 1 atom stereocenters. The zero-order chi connectivity index (χ0) is 18.8. The molecule has 0 unspecified atom stereocenters. The molecule has 4 heterocycles. The predicted molar refractivity (Wildman–Crippen MR) is 105 cm³/mol. The van der Waals surface area contributed by atoms with Crippen LogP contribution in [0.15, 0.2) is 29.9 Å². The molecule has 3 aromatic rings. The van der Waals surface area contributed by atoms with Crippen LogP contribution in [0.1, 0.15) is 30.4 Å². The first-order valence-corrected chi connectivity index (χ1v) is 10.1. The van der Waals surface area contributed by atoms with Crippen LogP contribution in [-0.4, -0.2) is 53.6 Å². The van der Waals surface area contributed by atoms with Crippen molar-refractivity contribution in [2.45, 2.75) is 30.5 Å². The van der Waals surface area contributed by atoms with Gasteiger partial charge in [0.25, 0.3) is 0 Å². The second kappa shape index (κ2) is 7.55. The van der Waals surface area contributed by atoms with Crippen LogP contribution in [0, 0.1) is 0 Å². The monoisotopic (exact) mass is 385 g/mol. The van der Waals surface area contributed by atoms with Gasteiger partial charge in [-0.1, -0.05) is 11.8 Å². The van der Waals surface area contributed by atoms with E-state index in [1.54, 1.807) is 12.5 Å². The number of nitrogens with zero attached hydrogens (tertiary/aromatic N) is 8. The van der Waals surface area contributed by atoms with Crippen LogP contribution in [0.4, 0.5) is 11.6 Å². The van der Waals surface area contributed by atoms with Gasteiger partial charge in [0.05, 0.1) is 12.9 Å². The summed E-state index contributed by atoms with van der Waals surface area (Å²) < 4.78 is 4.10. The second-order valence-electron chi connectivity index (χ2n) is 6.69. The van der Waals surface area contributed by atoms with E-state index in [0.29, 0.717) is 23.4 Å². The predicted octanol–water partition coefficient (Wildman–Crippen LogP) is 1.54. The molecule has 0 spiro atoms. The smallest absolute Gasteiger partial charge is 0.191 e. The molecule has 4 rings (SSSR count).